The Hall–Kier alpha value is -2.63. The lowest BCUT2D eigenvalue weighted by molar-refractivity contribution is 0.0954. The molecule has 1 fully saturated rings. The molecule has 0 aliphatic carbocycles. The Kier molecular flexibility index (Phi) is 6.15. The van der Waals surface area contributed by atoms with Crippen molar-refractivity contribution < 1.29 is 26.0 Å². The third-order valence-electron chi connectivity index (χ3n) is 5.54. The van der Waals surface area contributed by atoms with Crippen LogP contribution in [0.25, 0.3) is 0 Å². The van der Waals surface area contributed by atoms with Gasteiger partial charge in [0.1, 0.15) is 5.82 Å². The molecule has 0 saturated carbocycles. The number of sulfonamides is 1. The monoisotopic (exact) mass is 479 g/mol. The van der Waals surface area contributed by atoms with Gasteiger partial charge in [0.15, 0.2) is 9.84 Å². The molecule has 0 aromatic heterocycles. The maximum Gasteiger partial charge on any atom is 0.271 e. The van der Waals surface area contributed by atoms with Crippen molar-refractivity contribution in [2.24, 2.45) is 5.10 Å². The van der Waals surface area contributed by atoms with Crippen molar-refractivity contribution >= 4 is 31.5 Å². The first-order valence-corrected chi connectivity index (χ1v) is 13.3. The van der Waals surface area contributed by atoms with E-state index in [1.165, 1.54) is 34.6 Å². The topological polar surface area (TPSA) is 113 Å². The number of nitrogens with one attached hydrogen (secondary N) is 1. The Balaban J connectivity index is 1.57. The van der Waals surface area contributed by atoms with E-state index in [4.69, 9.17) is 0 Å². The molecule has 1 saturated heterocycles. The molecule has 11 heteroatoms. The smallest absolute Gasteiger partial charge is 0.267 e. The number of piperidine rings is 1. The number of hydrogen-bond acceptors (Lipinski definition) is 6. The highest BCUT2D eigenvalue weighted by Crippen LogP contribution is 2.26. The van der Waals surface area contributed by atoms with Crippen molar-refractivity contribution in [1.29, 1.82) is 0 Å². The summed E-state index contributed by atoms with van der Waals surface area (Å²) in [5.74, 6) is -1.47. The van der Waals surface area contributed by atoms with Gasteiger partial charge in [0.25, 0.3) is 5.91 Å². The molecule has 2 aliphatic heterocycles. The normalized spacial score (nSPS) is 20.0. The molecule has 8 nitrogen and oxygen atoms in total. The molecule has 4 rings (SSSR count). The van der Waals surface area contributed by atoms with Crippen LogP contribution in [0.3, 0.4) is 0 Å². The summed E-state index contributed by atoms with van der Waals surface area (Å²) in [5, 5.41) is 4.02. The lowest BCUT2D eigenvalue weighted by Gasteiger charge is -2.26. The van der Waals surface area contributed by atoms with Gasteiger partial charge in [-0.15, -0.1) is 0 Å². The van der Waals surface area contributed by atoms with E-state index in [2.05, 4.69) is 10.5 Å². The number of halogens is 1. The van der Waals surface area contributed by atoms with Gasteiger partial charge in [-0.1, -0.05) is 12.5 Å². The number of hydrazone groups is 1. The second-order valence-electron chi connectivity index (χ2n) is 7.70. The van der Waals surface area contributed by atoms with E-state index < -0.39 is 31.6 Å². The number of benzene rings is 2. The molecule has 170 valence electrons. The molecule has 2 aromatic rings. The highest BCUT2D eigenvalue weighted by molar-refractivity contribution is 7.91. The zero-order valence-corrected chi connectivity index (χ0v) is 18.8. The number of hydrogen-bond donors (Lipinski definition) is 1. The zero-order chi connectivity index (χ0) is 22.9. The van der Waals surface area contributed by atoms with Gasteiger partial charge in [-0.2, -0.15) is 9.41 Å². The van der Waals surface area contributed by atoms with Crippen LogP contribution >= 0.6 is 0 Å². The second-order valence-corrected chi connectivity index (χ2v) is 11.7. The summed E-state index contributed by atoms with van der Waals surface area (Å²) in [6, 6.07) is 9.00. The van der Waals surface area contributed by atoms with E-state index >= 15 is 0 Å². The third kappa shape index (κ3) is 4.45. The molecule has 0 atom stereocenters. The largest absolute Gasteiger partial charge is 0.271 e. The molecule has 0 radical (unpaired) electrons. The van der Waals surface area contributed by atoms with Crippen molar-refractivity contribution in [1.82, 2.24) is 9.73 Å². The number of carbonyl (C=O) groups excluding carboxylic acids is 1. The summed E-state index contributed by atoms with van der Waals surface area (Å²) in [5.41, 5.74) is 2.78. The molecule has 1 amide bonds. The quantitative estimate of drug-likeness (QED) is 0.534. The van der Waals surface area contributed by atoms with E-state index in [1.54, 1.807) is 0 Å². The summed E-state index contributed by atoms with van der Waals surface area (Å²) in [4.78, 5) is 12.6. The summed E-state index contributed by atoms with van der Waals surface area (Å²) in [7, 11) is -7.25. The maximum absolute atomic E-state index is 13.7. The van der Waals surface area contributed by atoms with Gasteiger partial charge in [-0.05, 0) is 49.2 Å². The summed E-state index contributed by atoms with van der Waals surface area (Å²) in [6.07, 6.45) is 2.61. The lowest BCUT2D eigenvalue weighted by atomic mass is 10.1. The third-order valence-corrected chi connectivity index (χ3v) is 9.20. The molecule has 1 N–H and O–H groups in total. The van der Waals surface area contributed by atoms with Crippen molar-refractivity contribution in [2.75, 3.05) is 18.8 Å². The van der Waals surface area contributed by atoms with E-state index in [-0.39, 0.29) is 38.8 Å². The van der Waals surface area contributed by atoms with Gasteiger partial charge in [0.2, 0.25) is 10.0 Å². The molecule has 0 bridgehead atoms. The average Bonchev–Trinajstić information content (AvgIpc) is 2.79. The number of sulfone groups is 1. The highest BCUT2D eigenvalue weighted by Gasteiger charge is 2.29. The number of fused-ring (bicyclic) bond motifs is 1. The van der Waals surface area contributed by atoms with Gasteiger partial charge in [0.05, 0.1) is 21.3 Å². The Bertz CT molecular complexity index is 1300. The SMILES string of the molecule is O=C(N/N=C1/CCS(=O)(=O)c2ccc(F)cc21)c1cccc(S(=O)(=O)N2CCCCC2)c1. The maximum atomic E-state index is 13.7. The number of amides is 1. The minimum atomic E-state index is -3.70. The van der Waals surface area contributed by atoms with Gasteiger partial charge in [0, 0.05) is 30.6 Å². The minimum absolute atomic E-state index is 0.0163. The van der Waals surface area contributed by atoms with Crippen LogP contribution in [0.2, 0.25) is 0 Å². The van der Waals surface area contributed by atoms with Crippen LogP contribution in [-0.2, 0) is 19.9 Å². The molecular formula is C21H22FN3O5S2. The summed E-state index contributed by atoms with van der Waals surface area (Å²) in [6.45, 7) is 0.899. The number of rotatable bonds is 4. The van der Waals surface area contributed by atoms with E-state index in [9.17, 15) is 26.0 Å². The molecular weight excluding hydrogens is 457 g/mol. The first-order chi connectivity index (χ1) is 15.2. The molecule has 32 heavy (non-hydrogen) atoms. The van der Waals surface area contributed by atoms with Crippen LogP contribution in [0.1, 0.15) is 41.6 Å². The predicted molar refractivity (Wildman–Crippen MR) is 116 cm³/mol. The second kappa shape index (κ2) is 8.72. The first kappa shape index (κ1) is 22.6. The van der Waals surface area contributed by atoms with Gasteiger partial charge >= 0.3 is 0 Å². The first-order valence-electron chi connectivity index (χ1n) is 10.2. The molecule has 2 aliphatic rings. The molecule has 0 spiro atoms. The standard InChI is InChI=1S/C21H22FN3O5S2/c22-16-7-8-20-18(14-16)19(9-12-31(20,27)28)23-24-21(26)15-5-4-6-17(13-15)32(29,30)25-10-2-1-3-11-25/h4-8,13-14H,1-3,9-12H2,(H,24,26)/b23-19-. The van der Waals surface area contributed by atoms with Crippen LogP contribution in [0, 0.1) is 5.82 Å². The Morgan fingerprint density at radius 3 is 2.56 bits per heavy atom. The lowest BCUT2D eigenvalue weighted by Crippen LogP contribution is -2.35. The van der Waals surface area contributed by atoms with Crippen molar-refractivity contribution in [3.63, 3.8) is 0 Å². The highest BCUT2D eigenvalue weighted by atomic mass is 32.2. The fourth-order valence-corrected chi connectivity index (χ4v) is 6.86. The Morgan fingerprint density at radius 2 is 1.81 bits per heavy atom. The average molecular weight is 480 g/mol. The van der Waals surface area contributed by atoms with Crippen molar-refractivity contribution in [3.05, 3.63) is 59.4 Å². The zero-order valence-electron chi connectivity index (χ0n) is 17.1. The fourth-order valence-electron chi connectivity index (χ4n) is 3.83. The summed E-state index contributed by atoms with van der Waals surface area (Å²) < 4.78 is 65.3. The van der Waals surface area contributed by atoms with Crippen LogP contribution in [0.15, 0.2) is 57.4 Å². The number of nitrogens with zero attached hydrogens (tertiary/aromatic N) is 2. The van der Waals surface area contributed by atoms with Crippen molar-refractivity contribution in [3.8, 4) is 0 Å². The van der Waals surface area contributed by atoms with Gasteiger partial charge in [-0.25, -0.2) is 26.7 Å². The van der Waals surface area contributed by atoms with Crippen LogP contribution in [-0.4, -0.2) is 51.6 Å². The Morgan fingerprint density at radius 1 is 1.06 bits per heavy atom. The fraction of sp³-hybridized carbons (Fsp3) is 0.333. The predicted octanol–water partition coefficient (Wildman–Crippen LogP) is 2.31. The van der Waals surface area contributed by atoms with E-state index in [0.29, 0.717) is 13.1 Å². The van der Waals surface area contributed by atoms with Gasteiger partial charge in [-0.3, -0.25) is 4.79 Å². The molecule has 0 unspecified atom stereocenters. The van der Waals surface area contributed by atoms with Gasteiger partial charge < -0.3 is 0 Å². The van der Waals surface area contributed by atoms with E-state index in [1.807, 2.05) is 0 Å². The summed E-state index contributed by atoms with van der Waals surface area (Å²) >= 11 is 0. The molecule has 2 aromatic carbocycles. The number of carbonyl (C=O) groups is 1. The van der Waals surface area contributed by atoms with E-state index in [0.717, 1.165) is 31.4 Å². The van der Waals surface area contributed by atoms with Crippen LogP contribution in [0.4, 0.5) is 4.39 Å². The Labute approximate surface area is 186 Å². The molecule has 2 heterocycles. The minimum Gasteiger partial charge on any atom is -0.267 e. The van der Waals surface area contributed by atoms with Crippen molar-refractivity contribution in [2.45, 2.75) is 35.5 Å². The van der Waals surface area contributed by atoms with Crippen LogP contribution < -0.4 is 5.43 Å². The van der Waals surface area contributed by atoms with Crippen LogP contribution in [0.5, 0.6) is 0 Å².